The predicted octanol–water partition coefficient (Wildman–Crippen LogP) is 5.93. The summed E-state index contributed by atoms with van der Waals surface area (Å²) in [7, 11) is 0. The number of benzene rings is 4. The van der Waals surface area contributed by atoms with Gasteiger partial charge in [-0.2, -0.15) is 10.5 Å². The Labute approximate surface area is 313 Å². The average Bonchev–Trinajstić information content (AvgIpc) is 3.60. The summed E-state index contributed by atoms with van der Waals surface area (Å²) < 4.78 is -2.86. The number of nitrogens with two attached hydrogens (primary N) is 2. The first-order valence-corrected chi connectivity index (χ1v) is 18.3. The SMILES string of the molecule is N#CC1=C(N)N(CCCN2C(=Nc3ccccc3)SC3(C(=O)Nc4ccccc43)C(C#N)=C2N)C(=Nc2ccccc2)SC12C(=O)Nc1ccccc12. The molecule has 12 nitrogen and oxygen atoms in total. The summed E-state index contributed by atoms with van der Waals surface area (Å²) >= 11 is 2.34. The van der Waals surface area contributed by atoms with Crippen LogP contribution in [0.4, 0.5) is 22.7 Å². The molecular formula is C39H30N10O2S2. The van der Waals surface area contributed by atoms with Crippen molar-refractivity contribution in [1.29, 1.82) is 10.5 Å². The molecule has 4 heterocycles. The first kappa shape index (κ1) is 33.7. The molecule has 0 saturated carbocycles. The van der Waals surface area contributed by atoms with Gasteiger partial charge in [-0.25, -0.2) is 9.98 Å². The van der Waals surface area contributed by atoms with Gasteiger partial charge in [0.15, 0.2) is 19.8 Å². The minimum atomic E-state index is -1.43. The molecule has 6 N–H and O–H groups in total. The number of rotatable bonds is 6. The molecule has 0 fully saturated rings. The third kappa shape index (κ3) is 5.30. The molecule has 2 spiro atoms. The summed E-state index contributed by atoms with van der Waals surface area (Å²) in [5, 5.41) is 27.8. The highest BCUT2D eigenvalue weighted by Gasteiger charge is 2.58. The summed E-state index contributed by atoms with van der Waals surface area (Å²) in [6.07, 6.45) is 0.396. The largest absolute Gasteiger partial charge is 0.384 e. The van der Waals surface area contributed by atoms with Crippen molar-refractivity contribution >= 4 is 68.4 Å². The van der Waals surface area contributed by atoms with Crippen molar-refractivity contribution in [2.45, 2.75) is 15.9 Å². The van der Waals surface area contributed by atoms with Gasteiger partial charge in [0.05, 0.1) is 11.4 Å². The van der Waals surface area contributed by atoms with Gasteiger partial charge in [-0.1, -0.05) is 96.3 Å². The molecule has 2 atom stereocenters. The molecule has 2 unspecified atom stereocenters. The zero-order valence-electron chi connectivity index (χ0n) is 28.0. The summed E-state index contributed by atoms with van der Waals surface area (Å²) in [5.74, 6) is -0.523. The lowest BCUT2D eigenvalue weighted by molar-refractivity contribution is -0.117. The summed E-state index contributed by atoms with van der Waals surface area (Å²) in [4.78, 5) is 41.0. The second kappa shape index (κ2) is 13.2. The minimum absolute atomic E-state index is 0.107. The van der Waals surface area contributed by atoms with Crippen LogP contribution in [0.2, 0.25) is 0 Å². The molecule has 0 aliphatic carbocycles. The van der Waals surface area contributed by atoms with E-state index in [2.05, 4.69) is 22.8 Å². The van der Waals surface area contributed by atoms with E-state index < -0.39 is 9.49 Å². The number of thioether (sulfide) groups is 2. The summed E-state index contributed by atoms with van der Waals surface area (Å²) in [6, 6.07) is 37.6. The molecule has 0 saturated heterocycles. The van der Waals surface area contributed by atoms with Crippen LogP contribution in [-0.2, 0) is 19.1 Å². The zero-order chi connectivity index (χ0) is 36.7. The Bertz CT molecular complexity index is 2230. The Hall–Kier alpha value is -6.48. The Morgan fingerprint density at radius 2 is 0.981 bits per heavy atom. The molecule has 4 aliphatic heterocycles. The topological polar surface area (TPSA) is 189 Å². The predicted molar refractivity (Wildman–Crippen MR) is 207 cm³/mol. The van der Waals surface area contributed by atoms with E-state index in [9.17, 15) is 20.1 Å². The molecule has 0 bridgehead atoms. The van der Waals surface area contributed by atoms with E-state index >= 15 is 0 Å². The number of fused-ring (bicyclic) bond motifs is 4. The van der Waals surface area contributed by atoms with Crippen molar-refractivity contribution in [1.82, 2.24) is 9.80 Å². The highest BCUT2D eigenvalue weighted by atomic mass is 32.2. The number of carbonyl (C=O) groups excluding carboxylic acids is 2. The number of hydrogen-bond acceptors (Lipinski definition) is 10. The molecule has 4 aliphatic rings. The highest BCUT2D eigenvalue weighted by molar-refractivity contribution is 8.15. The van der Waals surface area contributed by atoms with Gasteiger partial charge in [-0.05, 0) is 42.8 Å². The molecule has 2 amide bonds. The number of amides is 2. The molecule has 4 aromatic carbocycles. The second-order valence-electron chi connectivity index (χ2n) is 12.4. The van der Waals surface area contributed by atoms with Crippen molar-refractivity contribution < 1.29 is 9.59 Å². The van der Waals surface area contributed by atoms with Gasteiger partial charge in [0.25, 0.3) is 11.8 Å². The first-order chi connectivity index (χ1) is 25.8. The van der Waals surface area contributed by atoms with Crippen LogP contribution < -0.4 is 22.1 Å². The standard InChI is InChI=1S/C39H30N10O2S2/c40-22-28-32(42)48(36(44-24-12-3-1-4-13-24)52-38(28)26-16-7-9-18-30(26)46-34(38)50)20-11-21-49-33(43)29(23-41)39(27-17-8-10-19-31(27)47-35(39)51)53-37(49)45-25-14-5-2-6-15-25/h1-10,12-19H,11,20-21,42-43H2,(H,46,50)(H,47,51). The van der Waals surface area contributed by atoms with Crippen molar-refractivity contribution in [3.05, 3.63) is 143 Å². The molecule has 8 rings (SSSR count). The third-order valence-corrected chi connectivity index (χ3v) is 12.3. The molecular weight excluding hydrogens is 705 g/mol. The summed E-state index contributed by atoms with van der Waals surface area (Å²) in [5.41, 5.74) is 17.7. The quantitative estimate of drug-likeness (QED) is 0.185. The van der Waals surface area contributed by atoms with Crippen molar-refractivity contribution in [3.63, 3.8) is 0 Å². The maximum Gasteiger partial charge on any atom is 0.251 e. The lowest BCUT2D eigenvalue weighted by Gasteiger charge is -2.40. The summed E-state index contributed by atoms with van der Waals surface area (Å²) in [6.45, 7) is 0.525. The Kier molecular flexibility index (Phi) is 8.41. The smallest absolute Gasteiger partial charge is 0.251 e. The Morgan fingerprint density at radius 1 is 0.604 bits per heavy atom. The number of anilines is 2. The average molecular weight is 735 g/mol. The van der Waals surface area contributed by atoms with Crippen LogP contribution >= 0.6 is 23.5 Å². The number of para-hydroxylation sites is 4. The van der Waals surface area contributed by atoms with E-state index in [0.717, 1.165) is 0 Å². The Balaban J connectivity index is 1.19. The third-order valence-electron chi connectivity index (χ3n) is 9.45. The van der Waals surface area contributed by atoms with Crippen LogP contribution in [0.1, 0.15) is 17.5 Å². The minimum Gasteiger partial charge on any atom is -0.384 e. The van der Waals surface area contributed by atoms with Gasteiger partial charge in [-0.3, -0.25) is 9.59 Å². The zero-order valence-corrected chi connectivity index (χ0v) is 29.6. The maximum atomic E-state index is 13.8. The molecule has 0 radical (unpaired) electrons. The maximum absolute atomic E-state index is 13.8. The fraction of sp³-hybridized carbons (Fsp3) is 0.128. The van der Waals surface area contributed by atoms with Crippen LogP contribution in [0, 0.1) is 22.7 Å². The molecule has 14 heteroatoms. The molecule has 260 valence electrons. The number of nitrogens with zero attached hydrogens (tertiary/aromatic N) is 6. The fourth-order valence-corrected chi connectivity index (χ4v) is 9.79. The second-order valence-corrected chi connectivity index (χ2v) is 14.8. The number of amidine groups is 2. The van der Waals surface area contributed by atoms with Crippen LogP contribution in [0.5, 0.6) is 0 Å². The van der Waals surface area contributed by atoms with Crippen molar-refractivity contribution in [2.75, 3.05) is 23.7 Å². The van der Waals surface area contributed by atoms with Crippen molar-refractivity contribution in [2.24, 2.45) is 21.5 Å². The van der Waals surface area contributed by atoms with Gasteiger partial charge in [0.1, 0.15) is 34.9 Å². The van der Waals surface area contributed by atoms with Crippen LogP contribution in [-0.4, -0.2) is 45.0 Å². The van der Waals surface area contributed by atoms with Crippen LogP contribution in [0.3, 0.4) is 0 Å². The van der Waals surface area contributed by atoms with E-state index in [0.29, 0.717) is 50.6 Å². The van der Waals surface area contributed by atoms with Gasteiger partial charge in [-0.15, -0.1) is 0 Å². The lowest BCUT2D eigenvalue weighted by Crippen LogP contribution is -2.49. The lowest BCUT2D eigenvalue weighted by atomic mass is 9.91. The highest BCUT2D eigenvalue weighted by Crippen LogP contribution is 2.56. The van der Waals surface area contributed by atoms with Gasteiger partial charge >= 0.3 is 0 Å². The Morgan fingerprint density at radius 3 is 1.38 bits per heavy atom. The molecule has 0 aromatic heterocycles. The van der Waals surface area contributed by atoms with Crippen LogP contribution in [0.25, 0.3) is 0 Å². The van der Waals surface area contributed by atoms with E-state index in [1.807, 2.05) is 97.1 Å². The normalized spacial score (nSPS) is 23.3. The molecule has 53 heavy (non-hydrogen) atoms. The molecule has 4 aromatic rings. The van der Waals surface area contributed by atoms with E-state index in [-0.39, 0.29) is 47.7 Å². The van der Waals surface area contributed by atoms with Gasteiger partial charge in [0, 0.05) is 35.6 Å². The number of hydrogen-bond donors (Lipinski definition) is 4. The number of aliphatic imine (C=N–C) groups is 2. The van der Waals surface area contributed by atoms with E-state index in [1.165, 1.54) is 23.5 Å². The first-order valence-electron chi connectivity index (χ1n) is 16.6. The van der Waals surface area contributed by atoms with Crippen LogP contribution in [0.15, 0.2) is 142 Å². The number of nitrogens with one attached hydrogen (secondary N) is 2. The monoisotopic (exact) mass is 734 g/mol. The van der Waals surface area contributed by atoms with E-state index in [4.69, 9.17) is 21.5 Å². The fourth-order valence-electron chi connectivity index (χ4n) is 6.97. The van der Waals surface area contributed by atoms with Gasteiger partial charge in [0.2, 0.25) is 0 Å². The van der Waals surface area contributed by atoms with E-state index in [1.54, 1.807) is 21.9 Å². The van der Waals surface area contributed by atoms with Crippen molar-refractivity contribution in [3.8, 4) is 12.1 Å². The van der Waals surface area contributed by atoms with Gasteiger partial charge < -0.3 is 31.9 Å². The number of nitriles is 2. The number of carbonyl (C=O) groups is 2.